The van der Waals surface area contributed by atoms with Gasteiger partial charge in [0.15, 0.2) is 5.82 Å². The average Bonchev–Trinajstić information content (AvgIpc) is 3.41. The second kappa shape index (κ2) is 11.8. The van der Waals surface area contributed by atoms with E-state index < -0.39 is 10.0 Å². The molecule has 2 aromatic carbocycles. The predicted octanol–water partition coefficient (Wildman–Crippen LogP) is 4.68. The zero-order chi connectivity index (χ0) is 25.4. The summed E-state index contributed by atoms with van der Waals surface area (Å²) in [6.07, 6.45) is 0.891. The van der Waals surface area contributed by atoms with Crippen molar-refractivity contribution in [2.45, 2.75) is 18.2 Å². The highest BCUT2D eigenvalue weighted by atomic mass is 32.2. The molecule has 2 heterocycles. The molecule has 4 N–H and O–H groups in total. The molecule has 0 aliphatic rings. The SMILES string of the molecule is CNS(=O)(=O)c1ccc(C(C)=NNc2cc(NCCc3cccs3)nc(Nc3ccccc3)n2)cc1. The van der Waals surface area contributed by atoms with Gasteiger partial charge in [0.25, 0.3) is 0 Å². The third-order valence-electron chi connectivity index (χ3n) is 5.20. The molecule has 0 aliphatic carbocycles. The fourth-order valence-corrected chi connectivity index (χ4v) is 4.71. The van der Waals surface area contributed by atoms with Crippen LogP contribution >= 0.6 is 11.3 Å². The fourth-order valence-electron chi connectivity index (χ4n) is 3.27. The van der Waals surface area contributed by atoms with E-state index in [-0.39, 0.29) is 4.90 Å². The van der Waals surface area contributed by atoms with Crippen LogP contribution in [-0.4, -0.2) is 37.7 Å². The fraction of sp³-hybridized carbons (Fsp3) is 0.160. The molecule has 36 heavy (non-hydrogen) atoms. The molecular formula is C25H27N7O2S2. The van der Waals surface area contributed by atoms with Crippen molar-refractivity contribution in [2.24, 2.45) is 5.10 Å². The Morgan fingerprint density at radius 2 is 1.72 bits per heavy atom. The van der Waals surface area contributed by atoms with Gasteiger partial charge in [-0.15, -0.1) is 11.3 Å². The highest BCUT2D eigenvalue weighted by molar-refractivity contribution is 7.89. The summed E-state index contributed by atoms with van der Waals surface area (Å²) in [7, 11) is -2.11. The van der Waals surface area contributed by atoms with Crippen molar-refractivity contribution in [2.75, 3.05) is 29.7 Å². The molecule has 0 bridgehead atoms. The van der Waals surface area contributed by atoms with Crippen LogP contribution in [0.2, 0.25) is 0 Å². The van der Waals surface area contributed by atoms with E-state index in [0.29, 0.717) is 23.3 Å². The van der Waals surface area contributed by atoms with Gasteiger partial charge in [0.1, 0.15) is 5.82 Å². The smallest absolute Gasteiger partial charge is 0.240 e. The maximum Gasteiger partial charge on any atom is 0.240 e. The summed E-state index contributed by atoms with van der Waals surface area (Å²) >= 11 is 1.73. The van der Waals surface area contributed by atoms with Crippen LogP contribution in [0.4, 0.5) is 23.3 Å². The Balaban J connectivity index is 1.51. The van der Waals surface area contributed by atoms with E-state index in [1.165, 1.54) is 11.9 Å². The average molecular weight is 522 g/mol. The molecule has 9 nitrogen and oxygen atoms in total. The molecule has 4 rings (SSSR count). The summed E-state index contributed by atoms with van der Waals surface area (Å²) in [4.78, 5) is 10.6. The van der Waals surface area contributed by atoms with Gasteiger partial charge in [0.05, 0.1) is 10.6 Å². The molecule has 11 heteroatoms. The Morgan fingerprint density at radius 3 is 2.42 bits per heavy atom. The van der Waals surface area contributed by atoms with Crippen LogP contribution in [0.25, 0.3) is 0 Å². The van der Waals surface area contributed by atoms with Gasteiger partial charge in [-0.1, -0.05) is 36.4 Å². The van der Waals surface area contributed by atoms with E-state index in [4.69, 9.17) is 0 Å². The van der Waals surface area contributed by atoms with E-state index in [1.807, 2.05) is 43.3 Å². The number of hydrogen-bond donors (Lipinski definition) is 4. The lowest BCUT2D eigenvalue weighted by molar-refractivity contribution is 0.588. The molecule has 0 saturated carbocycles. The second-order valence-corrected chi connectivity index (χ2v) is 10.7. The maximum atomic E-state index is 12.0. The Hall–Kier alpha value is -3.80. The first-order valence-corrected chi connectivity index (χ1v) is 13.6. The van der Waals surface area contributed by atoms with Crippen LogP contribution in [-0.2, 0) is 16.4 Å². The normalized spacial score (nSPS) is 11.8. The van der Waals surface area contributed by atoms with Crippen molar-refractivity contribution in [1.29, 1.82) is 0 Å². The molecule has 0 radical (unpaired) electrons. The van der Waals surface area contributed by atoms with Crippen LogP contribution in [0.1, 0.15) is 17.4 Å². The Kier molecular flexibility index (Phi) is 8.26. The Bertz CT molecular complexity index is 1410. The number of benzene rings is 2. The molecule has 0 fully saturated rings. The number of hydrogen-bond acceptors (Lipinski definition) is 9. The molecular weight excluding hydrogens is 494 g/mol. The molecule has 2 aromatic heterocycles. The van der Waals surface area contributed by atoms with Gasteiger partial charge >= 0.3 is 0 Å². The van der Waals surface area contributed by atoms with Gasteiger partial charge in [-0.25, -0.2) is 13.1 Å². The van der Waals surface area contributed by atoms with Gasteiger partial charge in [-0.2, -0.15) is 15.1 Å². The van der Waals surface area contributed by atoms with Crippen LogP contribution < -0.4 is 20.8 Å². The topological polar surface area (TPSA) is 120 Å². The maximum absolute atomic E-state index is 12.0. The highest BCUT2D eigenvalue weighted by Crippen LogP contribution is 2.19. The highest BCUT2D eigenvalue weighted by Gasteiger charge is 2.11. The van der Waals surface area contributed by atoms with Crippen molar-refractivity contribution in [3.05, 3.63) is 88.6 Å². The lowest BCUT2D eigenvalue weighted by atomic mass is 10.1. The summed E-state index contributed by atoms with van der Waals surface area (Å²) in [6, 6.07) is 22.2. The van der Waals surface area contributed by atoms with Crippen molar-refractivity contribution in [1.82, 2.24) is 14.7 Å². The Morgan fingerprint density at radius 1 is 0.972 bits per heavy atom. The number of nitrogens with one attached hydrogen (secondary N) is 4. The number of anilines is 4. The lowest BCUT2D eigenvalue weighted by Crippen LogP contribution is -2.18. The third-order valence-corrected chi connectivity index (χ3v) is 7.57. The zero-order valence-corrected chi connectivity index (χ0v) is 21.5. The van der Waals surface area contributed by atoms with Gasteiger partial charge < -0.3 is 10.6 Å². The molecule has 0 atom stereocenters. The first-order valence-electron chi connectivity index (χ1n) is 11.2. The van der Waals surface area contributed by atoms with Crippen LogP contribution in [0.5, 0.6) is 0 Å². The van der Waals surface area contributed by atoms with Crippen LogP contribution in [0.15, 0.2) is 88.2 Å². The molecule has 0 aliphatic heterocycles. The summed E-state index contributed by atoms with van der Waals surface area (Å²) < 4.78 is 26.2. The minimum atomic E-state index is -3.49. The van der Waals surface area contributed by atoms with Gasteiger partial charge in [-0.3, -0.25) is 5.43 Å². The number of aromatic nitrogens is 2. The Labute approximate surface area is 214 Å². The van der Waals surface area contributed by atoms with Gasteiger partial charge in [-0.05, 0) is 61.7 Å². The predicted molar refractivity (Wildman–Crippen MR) is 147 cm³/mol. The minimum Gasteiger partial charge on any atom is -0.369 e. The minimum absolute atomic E-state index is 0.195. The number of para-hydroxylation sites is 1. The number of nitrogens with zero attached hydrogens (tertiary/aromatic N) is 3. The lowest BCUT2D eigenvalue weighted by Gasteiger charge is -2.11. The van der Waals surface area contributed by atoms with Crippen LogP contribution in [0.3, 0.4) is 0 Å². The zero-order valence-electron chi connectivity index (χ0n) is 19.9. The first-order chi connectivity index (χ1) is 17.4. The van der Waals surface area contributed by atoms with Crippen molar-refractivity contribution < 1.29 is 8.42 Å². The van der Waals surface area contributed by atoms with E-state index >= 15 is 0 Å². The standard InChI is InChI=1S/C25H27N7O2S2/c1-18(19-10-12-22(13-11-19)36(33,34)26-2)31-32-24-17-23(27-15-14-21-9-6-16-35-21)29-25(30-24)28-20-7-4-3-5-8-20/h3-13,16-17,26H,14-15H2,1-2H3,(H3,27,28,29,30,32). The number of rotatable bonds is 11. The largest absolute Gasteiger partial charge is 0.369 e. The van der Waals surface area contributed by atoms with E-state index in [0.717, 1.165) is 24.2 Å². The van der Waals surface area contributed by atoms with Gasteiger partial charge in [0, 0.05) is 23.2 Å². The summed E-state index contributed by atoms with van der Waals surface area (Å²) in [5, 5.41) is 13.1. The molecule has 0 spiro atoms. The number of hydrazone groups is 1. The van der Waals surface area contributed by atoms with Gasteiger partial charge in [0.2, 0.25) is 16.0 Å². The van der Waals surface area contributed by atoms with Crippen LogP contribution in [0, 0.1) is 0 Å². The molecule has 186 valence electrons. The summed E-state index contributed by atoms with van der Waals surface area (Å²) in [6.45, 7) is 2.56. The molecule has 0 saturated heterocycles. The monoisotopic (exact) mass is 521 g/mol. The van der Waals surface area contributed by atoms with Crippen molar-refractivity contribution in [3.8, 4) is 0 Å². The molecule has 0 unspecified atom stereocenters. The quantitative estimate of drug-likeness (QED) is 0.167. The number of thiophene rings is 1. The van der Waals surface area contributed by atoms with Crippen molar-refractivity contribution in [3.63, 3.8) is 0 Å². The first kappa shape index (κ1) is 25.3. The molecule has 4 aromatic rings. The molecule has 0 amide bonds. The third kappa shape index (κ3) is 6.87. The summed E-state index contributed by atoms with van der Waals surface area (Å²) in [5.74, 6) is 1.60. The summed E-state index contributed by atoms with van der Waals surface area (Å²) in [5.41, 5.74) is 5.32. The second-order valence-electron chi connectivity index (χ2n) is 7.75. The van der Waals surface area contributed by atoms with E-state index in [2.05, 4.69) is 47.3 Å². The van der Waals surface area contributed by atoms with E-state index in [9.17, 15) is 8.42 Å². The van der Waals surface area contributed by atoms with Crippen molar-refractivity contribution >= 4 is 50.3 Å². The van der Waals surface area contributed by atoms with E-state index in [1.54, 1.807) is 41.7 Å². The number of sulfonamides is 1.